The Morgan fingerprint density at radius 3 is 2.58 bits per heavy atom. The van der Waals surface area contributed by atoms with Gasteiger partial charge in [-0.1, -0.05) is 23.7 Å². The number of halogens is 1. The summed E-state index contributed by atoms with van der Waals surface area (Å²) in [4.78, 5) is 11.6. The van der Waals surface area contributed by atoms with Crippen LogP contribution in [0.4, 0.5) is 0 Å². The fourth-order valence-corrected chi connectivity index (χ4v) is 1.86. The van der Waals surface area contributed by atoms with E-state index in [-0.39, 0.29) is 11.4 Å². The molecule has 0 aliphatic rings. The zero-order valence-corrected chi connectivity index (χ0v) is 12.9. The quantitative estimate of drug-likeness (QED) is 0.815. The fourth-order valence-electron chi connectivity index (χ4n) is 1.66. The molecule has 0 aromatic heterocycles. The predicted octanol–water partition coefficient (Wildman–Crippen LogP) is 3.04. The van der Waals surface area contributed by atoms with E-state index in [1.54, 1.807) is 0 Å². The van der Waals surface area contributed by atoms with Crippen molar-refractivity contribution in [2.45, 2.75) is 46.2 Å². The lowest BCUT2D eigenvalue weighted by Gasteiger charge is -2.20. The van der Waals surface area contributed by atoms with Gasteiger partial charge in [-0.15, -0.1) is 0 Å². The van der Waals surface area contributed by atoms with Gasteiger partial charge in [-0.2, -0.15) is 0 Å². The van der Waals surface area contributed by atoms with Crippen molar-refractivity contribution in [3.05, 3.63) is 34.3 Å². The van der Waals surface area contributed by atoms with Gasteiger partial charge in [0.1, 0.15) is 0 Å². The van der Waals surface area contributed by atoms with Crippen molar-refractivity contribution in [3.63, 3.8) is 0 Å². The lowest BCUT2D eigenvalue weighted by atomic mass is 10.1. The number of benzene rings is 1. The number of aryl methyl sites for hydroxylation is 1. The molecule has 0 saturated carbocycles. The number of amides is 1. The van der Waals surface area contributed by atoms with Crippen molar-refractivity contribution in [1.82, 2.24) is 10.6 Å². The zero-order valence-electron chi connectivity index (χ0n) is 12.1. The fraction of sp³-hybridized carbons (Fsp3) is 0.533. The molecule has 0 atom stereocenters. The highest BCUT2D eigenvalue weighted by atomic mass is 35.5. The topological polar surface area (TPSA) is 41.1 Å². The summed E-state index contributed by atoms with van der Waals surface area (Å²) in [6, 6.07) is 6.01. The third-order valence-corrected chi connectivity index (χ3v) is 3.02. The second-order valence-corrected chi connectivity index (χ2v) is 6.22. The molecule has 0 bridgehead atoms. The summed E-state index contributed by atoms with van der Waals surface area (Å²) in [7, 11) is 0. The van der Waals surface area contributed by atoms with Gasteiger partial charge in [-0.25, -0.2) is 0 Å². The molecule has 0 spiro atoms. The Bertz CT molecular complexity index is 438. The number of nitrogens with one attached hydrogen (secondary N) is 2. The van der Waals surface area contributed by atoms with Gasteiger partial charge in [0.25, 0.3) is 0 Å². The molecular weight excluding hydrogens is 260 g/mol. The first-order valence-electron chi connectivity index (χ1n) is 6.55. The van der Waals surface area contributed by atoms with Crippen molar-refractivity contribution in [3.8, 4) is 0 Å². The van der Waals surface area contributed by atoms with Crippen LogP contribution in [-0.2, 0) is 11.3 Å². The van der Waals surface area contributed by atoms with Crippen LogP contribution in [0, 0.1) is 6.92 Å². The van der Waals surface area contributed by atoms with E-state index in [1.807, 2.05) is 45.9 Å². The van der Waals surface area contributed by atoms with E-state index in [0.717, 1.165) is 22.7 Å². The van der Waals surface area contributed by atoms with Crippen LogP contribution in [-0.4, -0.2) is 18.0 Å². The summed E-state index contributed by atoms with van der Waals surface area (Å²) in [6.07, 6.45) is 0.483. The van der Waals surface area contributed by atoms with E-state index in [2.05, 4.69) is 10.6 Å². The molecular formula is C15H23ClN2O. The molecule has 0 heterocycles. The minimum atomic E-state index is -0.165. The van der Waals surface area contributed by atoms with E-state index in [4.69, 9.17) is 11.6 Å². The highest BCUT2D eigenvalue weighted by Gasteiger charge is 2.12. The van der Waals surface area contributed by atoms with Crippen molar-refractivity contribution >= 4 is 17.5 Å². The van der Waals surface area contributed by atoms with Gasteiger partial charge in [-0.3, -0.25) is 4.79 Å². The average molecular weight is 283 g/mol. The summed E-state index contributed by atoms with van der Waals surface area (Å²) < 4.78 is 0. The zero-order chi connectivity index (χ0) is 14.5. The van der Waals surface area contributed by atoms with Gasteiger partial charge in [0, 0.05) is 30.1 Å². The van der Waals surface area contributed by atoms with Crippen LogP contribution in [0.2, 0.25) is 5.02 Å². The first-order valence-corrected chi connectivity index (χ1v) is 6.92. The van der Waals surface area contributed by atoms with Crippen molar-refractivity contribution in [2.75, 3.05) is 6.54 Å². The van der Waals surface area contributed by atoms with E-state index in [1.165, 1.54) is 0 Å². The standard InChI is InChI=1S/C15H23ClN2O/c1-11-5-6-12(9-13(11)16)10-17-8-7-14(19)18-15(2,3)4/h5-6,9,17H,7-8,10H2,1-4H3,(H,18,19). The maximum Gasteiger partial charge on any atom is 0.221 e. The first-order chi connectivity index (χ1) is 8.78. The van der Waals surface area contributed by atoms with Gasteiger partial charge in [0.15, 0.2) is 0 Å². The van der Waals surface area contributed by atoms with Crippen LogP contribution in [0.15, 0.2) is 18.2 Å². The summed E-state index contributed by atoms with van der Waals surface area (Å²) in [6.45, 7) is 9.30. The van der Waals surface area contributed by atoms with Crippen LogP contribution in [0.5, 0.6) is 0 Å². The molecule has 0 saturated heterocycles. The first kappa shape index (κ1) is 16.0. The van der Waals surface area contributed by atoms with E-state index >= 15 is 0 Å². The van der Waals surface area contributed by atoms with Gasteiger partial charge in [0.2, 0.25) is 5.91 Å². The summed E-state index contributed by atoms with van der Waals surface area (Å²) in [5.41, 5.74) is 2.04. The minimum Gasteiger partial charge on any atom is -0.351 e. The molecule has 1 aromatic rings. The van der Waals surface area contributed by atoms with E-state index < -0.39 is 0 Å². The maximum absolute atomic E-state index is 11.6. The highest BCUT2D eigenvalue weighted by Crippen LogP contribution is 2.16. The summed E-state index contributed by atoms with van der Waals surface area (Å²) >= 11 is 6.06. The molecule has 0 aliphatic carbocycles. The molecule has 1 rings (SSSR count). The number of carbonyl (C=O) groups is 1. The molecule has 3 nitrogen and oxygen atoms in total. The molecule has 4 heteroatoms. The Labute approximate surface area is 120 Å². The Hall–Kier alpha value is -1.06. The maximum atomic E-state index is 11.6. The largest absolute Gasteiger partial charge is 0.351 e. The van der Waals surface area contributed by atoms with E-state index in [0.29, 0.717) is 13.0 Å². The molecule has 0 fully saturated rings. The van der Waals surface area contributed by atoms with Gasteiger partial charge < -0.3 is 10.6 Å². The number of hydrogen-bond acceptors (Lipinski definition) is 2. The molecule has 0 unspecified atom stereocenters. The monoisotopic (exact) mass is 282 g/mol. The smallest absolute Gasteiger partial charge is 0.221 e. The Kier molecular flexibility index (Phi) is 5.83. The number of hydrogen-bond donors (Lipinski definition) is 2. The SMILES string of the molecule is Cc1ccc(CNCCC(=O)NC(C)(C)C)cc1Cl. The Morgan fingerprint density at radius 1 is 1.32 bits per heavy atom. The summed E-state index contributed by atoms with van der Waals surface area (Å²) in [5, 5.41) is 6.96. The van der Waals surface area contributed by atoms with Crippen molar-refractivity contribution < 1.29 is 4.79 Å². The summed E-state index contributed by atoms with van der Waals surface area (Å²) in [5.74, 6) is 0.0712. The van der Waals surface area contributed by atoms with Crippen molar-refractivity contribution in [2.24, 2.45) is 0 Å². The predicted molar refractivity (Wildman–Crippen MR) is 80.4 cm³/mol. The van der Waals surface area contributed by atoms with Crippen LogP contribution < -0.4 is 10.6 Å². The van der Waals surface area contributed by atoms with Crippen LogP contribution in [0.25, 0.3) is 0 Å². The normalized spacial score (nSPS) is 11.4. The third kappa shape index (κ3) is 6.60. The Balaban J connectivity index is 2.27. The lowest BCUT2D eigenvalue weighted by Crippen LogP contribution is -2.41. The van der Waals surface area contributed by atoms with Crippen LogP contribution in [0.1, 0.15) is 38.3 Å². The van der Waals surface area contributed by atoms with Gasteiger partial charge in [0.05, 0.1) is 0 Å². The average Bonchev–Trinajstić information content (AvgIpc) is 2.27. The minimum absolute atomic E-state index is 0.0712. The molecule has 1 aromatic carbocycles. The third-order valence-electron chi connectivity index (χ3n) is 2.61. The highest BCUT2D eigenvalue weighted by molar-refractivity contribution is 6.31. The van der Waals surface area contributed by atoms with Crippen LogP contribution in [0.3, 0.4) is 0 Å². The lowest BCUT2D eigenvalue weighted by molar-refractivity contribution is -0.122. The molecule has 106 valence electrons. The second kappa shape index (κ2) is 6.92. The molecule has 19 heavy (non-hydrogen) atoms. The van der Waals surface area contributed by atoms with Gasteiger partial charge in [-0.05, 0) is 44.9 Å². The Morgan fingerprint density at radius 2 is 2.00 bits per heavy atom. The second-order valence-electron chi connectivity index (χ2n) is 5.81. The number of carbonyl (C=O) groups excluding carboxylic acids is 1. The molecule has 1 amide bonds. The van der Waals surface area contributed by atoms with E-state index in [9.17, 15) is 4.79 Å². The molecule has 0 aliphatic heterocycles. The molecule has 0 radical (unpaired) electrons. The van der Waals surface area contributed by atoms with Crippen LogP contribution >= 0.6 is 11.6 Å². The number of rotatable bonds is 5. The van der Waals surface area contributed by atoms with Gasteiger partial charge >= 0.3 is 0 Å². The van der Waals surface area contributed by atoms with Crippen molar-refractivity contribution in [1.29, 1.82) is 0 Å². The molecule has 2 N–H and O–H groups in total.